The lowest BCUT2D eigenvalue weighted by atomic mass is 10.2. The number of carbonyl (C=O) groups excluding carboxylic acids is 1. The van der Waals surface area contributed by atoms with Crippen LogP contribution in [0.5, 0.6) is 0 Å². The third-order valence-corrected chi connectivity index (χ3v) is 2.88. The van der Waals surface area contributed by atoms with E-state index >= 15 is 0 Å². The fraction of sp³-hybridized carbons (Fsp3) is 0.500. The van der Waals surface area contributed by atoms with Crippen molar-refractivity contribution < 1.29 is 14.6 Å². The zero-order valence-corrected chi connectivity index (χ0v) is 12.1. The number of ether oxygens (including phenoxy) is 1. The summed E-state index contributed by atoms with van der Waals surface area (Å²) in [5, 5.41) is 11.8. The molecule has 112 valence electrons. The first kappa shape index (κ1) is 16.4. The van der Waals surface area contributed by atoms with Crippen LogP contribution in [0.25, 0.3) is 0 Å². The molecule has 20 heavy (non-hydrogen) atoms. The maximum absolute atomic E-state index is 12.0. The second kappa shape index (κ2) is 8.52. The number of aliphatic hydroxyl groups is 1. The molecular weight excluding hydrogens is 258 g/mol. The highest BCUT2D eigenvalue weighted by Gasteiger charge is 2.11. The van der Waals surface area contributed by atoms with Crippen molar-refractivity contribution in [2.24, 2.45) is 0 Å². The minimum absolute atomic E-state index is 0.00364. The lowest BCUT2D eigenvalue weighted by molar-refractivity contribution is -0.117. The van der Waals surface area contributed by atoms with Crippen molar-refractivity contribution in [2.75, 3.05) is 51.0 Å². The van der Waals surface area contributed by atoms with Crippen LogP contribution in [-0.4, -0.2) is 55.9 Å². The minimum Gasteiger partial charge on any atom is -0.397 e. The Morgan fingerprint density at radius 3 is 2.80 bits per heavy atom. The molecule has 0 radical (unpaired) electrons. The number of rotatable bonds is 8. The van der Waals surface area contributed by atoms with Gasteiger partial charge in [0, 0.05) is 20.2 Å². The Morgan fingerprint density at radius 2 is 2.20 bits per heavy atom. The number of hydrogen-bond donors (Lipinski definition) is 3. The molecule has 0 bridgehead atoms. The number of nitrogen functional groups attached to an aromatic ring is 1. The summed E-state index contributed by atoms with van der Waals surface area (Å²) in [7, 11) is 1.60. The number of nitrogens with two attached hydrogens (primary N) is 1. The van der Waals surface area contributed by atoms with E-state index in [2.05, 4.69) is 5.32 Å². The van der Waals surface area contributed by atoms with E-state index < -0.39 is 0 Å². The molecule has 4 N–H and O–H groups in total. The Hall–Kier alpha value is -1.63. The van der Waals surface area contributed by atoms with Crippen molar-refractivity contribution in [2.45, 2.75) is 6.92 Å². The Kier molecular flexibility index (Phi) is 7.00. The molecule has 0 aliphatic carbocycles. The zero-order chi connectivity index (χ0) is 15.0. The van der Waals surface area contributed by atoms with Crippen molar-refractivity contribution in [1.82, 2.24) is 4.90 Å². The van der Waals surface area contributed by atoms with E-state index in [4.69, 9.17) is 15.6 Å². The molecule has 0 saturated heterocycles. The second-order valence-corrected chi connectivity index (χ2v) is 4.63. The number of anilines is 2. The molecule has 0 fully saturated rings. The van der Waals surface area contributed by atoms with Gasteiger partial charge < -0.3 is 20.9 Å². The number of aryl methyl sites for hydroxylation is 1. The van der Waals surface area contributed by atoms with Gasteiger partial charge in [-0.2, -0.15) is 0 Å². The van der Waals surface area contributed by atoms with E-state index in [1.54, 1.807) is 13.2 Å². The Balaban J connectivity index is 2.55. The van der Waals surface area contributed by atoms with Crippen molar-refractivity contribution in [3.63, 3.8) is 0 Å². The van der Waals surface area contributed by atoms with Gasteiger partial charge in [0.1, 0.15) is 0 Å². The van der Waals surface area contributed by atoms with E-state index in [9.17, 15) is 4.79 Å². The van der Waals surface area contributed by atoms with Crippen LogP contribution in [0.1, 0.15) is 5.56 Å². The van der Waals surface area contributed by atoms with Gasteiger partial charge in [0.2, 0.25) is 5.91 Å². The number of nitrogens with one attached hydrogen (secondary N) is 1. The highest BCUT2D eigenvalue weighted by atomic mass is 16.5. The Bertz CT molecular complexity index is 438. The van der Waals surface area contributed by atoms with Gasteiger partial charge in [-0.3, -0.25) is 9.69 Å². The number of amides is 1. The van der Waals surface area contributed by atoms with E-state index in [1.165, 1.54) is 0 Å². The van der Waals surface area contributed by atoms with Crippen LogP contribution >= 0.6 is 0 Å². The first-order valence-corrected chi connectivity index (χ1v) is 6.55. The molecule has 0 spiro atoms. The van der Waals surface area contributed by atoms with Crippen LogP contribution in [0.4, 0.5) is 11.4 Å². The topological polar surface area (TPSA) is 87.8 Å². The summed E-state index contributed by atoms with van der Waals surface area (Å²) in [5.74, 6) is -0.162. The molecule has 0 aliphatic rings. The SMILES string of the molecule is COCCN(CCO)CC(=O)Nc1ccc(C)cc1N. The van der Waals surface area contributed by atoms with Crippen molar-refractivity contribution in [1.29, 1.82) is 0 Å². The normalized spacial score (nSPS) is 10.8. The summed E-state index contributed by atoms with van der Waals surface area (Å²) in [6.07, 6.45) is 0. The fourth-order valence-electron chi connectivity index (χ4n) is 1.82. The standard InChI is InChI=1S/C14H23N3O3/c1-11-3-4-13(12(15)9-11)16-14(19)10-17(5-7-18)6-8-20-2/h3-4,9,18H,5-8,10,15H2,1-2H3,(H,16,19). The molecule has 1 aromatic carbocycles. The van der Waals surface area contributed by atoms with Gasteiger partial charge in [-0.05, 0) is 24.6 Å². The summed E-state index contributed by atoms with van der Waals surface area (Å²) >= 11 is 0. The predicted octanol–water partition coefficient (Wildman–Crippen LogP) is 0.456. The summed E-state index contributed by atoms with van der Waals surface area (Å²) in [4.78, 5) is 13.8. The molecule has 0 aromatic heterocycles. The van der Waals surface area contributed by atoms with E-state index in [0.29, 0.717) is 31.1 Å². The van der Waals surface area contributed by atoms with Gasteiger partial charge in [0.25, 0.3) is 0 Å². The molecule has 1 aromatic rings. The Labute approximate surface area is 119 Å². The molecule has 6 nitrogen and oxygen atoms in total. The molecule has 0 heterocycles. The van der Waals surface area contributed by atoms with Gasteiger partial charge in [-0.1, -0.05) is 6.07 Å². The van der Waals surface area contributed by atoms with E-state index in [1.807, 2.05) is 24.0 Å². The third-order valence-electron chi connectivity index (χ3n) is 2.88. The van der Waals surface area contributed by atoms with Crippen LogP contribution < -0.4 is 11.1 Å². The second-order valence-electron chi connectivity index (χ2n) is 4.63. The number of aliphatic hydroxyl groups excluding tert-OH is 1. The maximum Gasteiger partial charge on any atom is 0.238 e. The number of benzene rings is 1. The predicted molar refractivity (Wildman–Crippen MR) is 79.6 cm³/mol. The maximum atomic E-state index is 12.0. The van der Waals surface area contributed by atoms with Crippen LogP contribution in [-0.2, 0) is 9.53 Å². The number of methoxy groups -OCH3 is 1. The quantitative estimate of drug-likeness (QED) is 0.602. The molecule has 6 heteroatoms. The summed E-state index contributed by atoms with van der Waals surface area (Å²) in [6, 6.07) is 5.49. The highest BCUT2D eigenvalue weighted by Crippen LogP contribution is 2.19. The van der Waals surface area contributed by atoms with Crippen LogP contribution in [0.2, 0.25) is 0 Å². The first-order chi connectivity index (χ1) is 9.56. The van der Waals surface area contributed by atoms with Gasteiger partial charge in [0.15, 0.2) is 0 Å². The number of hydrogen-bond acceptors (Lipinski definition) is 5. The smallest absolute Gasteiger partial charge is 0.238 e. The molecule has 0 atom stereocenters. The first-order valence-electron chi connectivity index (χ1n) is 6.55. The van der Waals surface area contributed by atoms with Gasteiger partial charge in [0.05, 0.1) is 31.1 Å². The molecule has 1 rings (SSSR count). The summed E-state index contributed by atoms with van der Waals surface area (Å²) in [5.41, 5.74) is 8.05. The van der Waals surface area contributed by atoms with E-state index in [0.717, 1.165) is 5.56 Å². The Morgan fingerprint density at radius 1 is 1.45 bits per heavy atom. The lowest BCUT2D eigenvalue weighted by Crippen LogP contribution is -2.37. The average molecular weight is 281 g/mol. The summed E-state index contributed by atoms with van der Waals surface area (Å²) in [6.45, 7) is 3.67. The van der Waals surface area contributed by atoms with Crippen LogP contribution in [0, 0.1) is 6.92 Å². The van der Waals surface area contributed by atoms with Gasteiger partial charge in [-0.15, -0.1) is 0 Å². The lowest BCUT2D eigenvalue weighted by Gasteiger charge is -2.20. The van der Waals surface area contributed by atoms with E-state index in [-0.39, 0.29) is 19.1 Å². The monoisotopic (exact) mass is 281 g/mol. The zero-order valence-electron chi connectivity index (χ0n) is 12.1. The fourth-order valence-corrected chi connectivity index (χ4v) is 1.82. The van der Waals surface area contributed by atoms with Gasteiger partial charge >= 0.3 is 0 Å². The number of nitrogens with zero attached hydrogens (tertiary/aromatic N) is 1. The molecule has 1 amide bonds. The largest absolute Gasteiger partial charge is 0.397 e. The van der Waals surface area contributed by atoms with Crippen LogP contribution in [0.3, 0.4) is 0 Å². The van der Waals surface area contributed by atoms with Crippen LogP contribution in [0.15, 0.2) is 18.2 Å². The molecule has 0 unspecified atom stereocenters. The molecule has 0 saturated carbocycles. The summed E-state index contributed by atoms with van der Waals surface area (Å²) < 4.78 is 4.98. The molecule has 0 aliphatic heterocycles. The number of carbonyl (C=O) groups is 1. The highest BCUT2D eigenvalue weighted by molar-refractivity contribution is 5.95. The minimum atomic E-state index is -0.162. The third kappa shape index (κ3) is 5.56. The average Bonchev–Trinajstić information content (AvgIpc) is 2.39. The van der Waals surface area contributed by atoms with Crippen molar-refractivity contribution >= 4 is 17.3 Å². The van der Waals surface area contributed by atoms with Gasteiger partial charge in [-0.25, -0.2) is 0 Å². The van der Waals surface area contributed by atoms with Crippen molar-refractivity contribution in [3.8, 4) is 0 Å². The van der Waals surface area contributed by atoms with Crippen molar-refractivity contribution in [3.05, 3.63) is 23.8 Å². The molecular formula is C14H23N3O3.